The second-order valence-electron chi connectivity index (χ2n) is 5.18. The molecular formula is C17H16O. The fourth-order valence-corrected chi connectivity index (χ4v) is 2.61. The molecule has 0 aliphatic heterocycles. The van der Waals surface area contributed by atoms with E-state index < -0.39 is 0 Å². The maximum absolute atomic E-state index is 12.6. The van der Waals surface area contributed by atoms with Crippen LogP contribution in [0.5, 0.6) is 0 Å². The van der Waals surface area contributed by atoms with Crippen LogP contribution in [0.3, 0.4) is 0 Å². The van der Waals surface area contributed by atoms with Gasteiger partial charge in [0.1, 0.15) is 0 Å². The van der Waals surface area contributed by atoms with Gasteiger partial charge >= 0.3 is 0 Å². The molecule has 18 heavy (non-hydrogen) atoms. The highest BCUT2D eigenvalue weighted by atomic mass is 16.1. The van der Waals surface area contributed by atoms with Crippen LogP contribution in [0.1, 0.15) is 30.0 Å². The molecule has 0 aromatic heterocycles. The van der Waals surface area contributed by atoms with Crippen LogP contribution in [-0.2, 0) is 6.42 Å². The van der Waals surface area contributed by atoms with Crippen molar-refractivity contribution in [3.05, 3.63) is 62.8 Å². The summed E-state index contributed by atoms with van der Waals surface area (Å²) in [7, 11) is 0. The molecule has 0 amide bonds. The number of aryl methyl sites for hydroxylation is 2. The Bertz CT molecular complexity index is 723. The van der Waals surface area contributed by atoms with Gasteiger partial charge in [-0.15, -0.1) is 0 Å². The molecule has 0 spiro atoms. The summed E-state index contributed by atoms with van der Waals surface area (Å²) in [5, 5.41) is 1.87. The van der Waals surface area contributed by atoms with Crippen molar-refractivity contribution in [2.45, 2.75) is 26.7 Å². The molecule has 2 aromatic carbocycles. The lowest BCUT2D eigenvalue weighted by Gasteiger charge is -2.10. The van der Waals surface area contributed by atoms with Crippen LogP contribution >= 0.6 is 0 Å². The fourth-order valence-electron chi connectivity index (χ4n) is 2.61. The van der Waals surface area contributed by atoms with Gasteiger partial charge in [0.05, 0.1) is 0 Å². The molecule has 0 saturated carbocycles. The smallest absolute Gasteiger partial charge is 0.193 e. The van der Waals surface area contributed by atoms with E-state index in [0.29, 0.717) is 0 Å². The topological polar surface area (TPSA) is 17.1 Å². The highest BCUT2D eigenvalue weighted by molar-refractivity contribution is 5.85. The van der Waals surface area contributed by atoms with Gasteiger partial charge in [0.15, 0.2) is 5.43 Å². The first-order chi connectivity index (χ1) is 8.65. The highest BCUT2D eigenvalue weighted by Crippen LogP contribution is 2.22. The van der Waals surface area contributed by atoms with Crippen molar-refractivity contribution in [1.29, 1.82) is 0 Å². The standard InChI is InChI=1S/C17H16O/c1-11-3-5-13-7-8-14-6-4-12(2)10-16(14)17(18)15(13)9-11/h3,5,7-10H,4,6H2,1-2H3. The van der Waals surface area contributed by atoms with Gasteiger partial charge in [0.2, 0.25) is 0 Å². The molecule has 2 aromatic rings. The number of fused-ring (bicyclic) bond motifs is 2. The number of allylic oxidation sites excluding steroid dienone is 1. The van der Waals surface area contributed by atoms with E-state index in [1.807, 2.05) is 19.1 Å². The Kier molecular flexibility index (Phi) is 2.55. The Morgan fingerprint density at radius 1 is 1.00 bits per heavy atom. The Balaban J connectivity index is 2.48. The van der Waals surface area contributed by atoms with E-state index in [0.717, 1.165) is 34.7 Å². The van der Waals surface area contributed by atoms with Crippen LogP contribution in [0, 0.1) is 6.92 Å². The summed E-state index contributed by atoms with van der Waals surface area (Å²) in [5.41, 5.74) is 4.68. The van der Waals surface area contributed by atoms with Crippen molar-refractivity contribution in [2.24, 2.45) is 0 Å². The molecule has 0 bridgehead atoms. The van der Waals surface area contributed by atoms with Crippen LogP contribution in [0.4, 0.5) is 0 Å². The zero-order chi connectivity index (χ0) is 12.7. The normalized spacial score (nSPS) is 14.2. The van der Waals surface area contributed by atoms with Gasteiger partial charge in [-0.1, -0.05) is 41.5 Å². The fraction of sp³-hybridized carbons (Fsp3) is 0.235. The third-order valence-electron chi connectivity index (χ3n) is 3.69. The van der Waals surface area contributed by atoms with Gasteiger partial charge < -0.3 is 0 Å². The van der Waals surface area contributed by atoms with Gasteiger partial charge in [-0.3, -0.25) is 4.79 Å². The van der Waals surface area contributed by atoms with Crippen LogP contribution in [0.2, 0.25) is 0 Å². The summed E-state index contributed by atoms with van der Waals surface area (Å²) >= 11 is 0. The minimum Gasteiger partial charge on any atom is -0.289 e. The number of hydrogen-bond acceptors (Lipinski definition) is 1. The van der Waals surface area contributed by atoms with Gasteiger partial charge in [-0.05, 0) is 43.7 Å². The van der Waals surface area contributed by atoms with Crippen molar-refractivity contribution >= 4 is 16.8 Å². The summed E-state index contributed by atoms with van der Waals surface area (Å²) in [6.45, 7) is 4.13. The van der Waals surface area contributed by atoms with Gasteiger partial charge in [0, 0.05) is 10.9 Å². The van der Waals surface area contributed by atoms with Gasteiger partial charge in [-0.25, -0.2) is 0 Å². The molecular weight excluding hydrogens is 220 g/mol. The third kappa shape index (κ3) is 1.76. The Morgan fingerprint density at radius 3 is 2.61 bits per heavy atom. The highest BCUT2D eigenvalue weighted by Gasteiger charge is 2.11. The molecule has 90 valence electrons. The molecule has 1 nitrogen and oxygen atoms in total. The van der Waals surface area contributed by atoms with E-state index in [9.17, 15) is 4.79 Å². The van der Waals surface area contributed by atoms with E-state index >= 15 is 0 Å². The predicted octanol–water partition coefficient (Wildman–Crippen LogP) is 3.86. The molecule has 0 heterocycles. The summed E-state index contributed by atoms with van der Waals surface area (Å²) in [4.78, 5) is 12.6. The number of benzene rings is 1. The van der Waals surface area contributed by atoms with Crippen LogP contribution in [-0.4, -0.2) is 0 Å². The van der Waals surface area contributed by atoms with Gasteiger partial charge in [0.25, 0.3) is 0 Å². The zero-order valence-electron chi connectivity index (χ0n) is 10.8. The summed E-state index contributed by atoms with van der Waals surface area (Å²) < 4.78 is 0. The monoisotopic (exact) mass is 236 g/mol. The molecule has 0 atom stereocenters. The average molecular weight is 236 g/mol. The van der Waals surface area contributed by atoms with E-state index in [-0.39, 0.29) is 5.43 Å². The molecule has 3 rings (SSSR count). The molecule has 1 aliphatic carbocycles. The van der Waals surface area contributed by atoms with Crippen LogP contribution in [0.25, 0.3) is 16.8 Å². The average Bonchev–Trinajstić information content (AvgIpc) is 2.49. The predicted molar refractivity (Wildman–Crippen MR) is 76.9 cm³/mol. The van der Waals surface area contributed by atoms with Crippen molar-refractivity contribution in [3.63, 3.8) is 0 Å². The van der Waals surface area contributed by atoms with Crippen molar-refractivity contribution < 1.29 is 0 Å². The lowest BCUT2D eigenvalue weighted by atomic mass is 9.94. The van der Waals surface area contributed by atoms with E-state index in [1.54, 1.807) is 0 Å². The molecule has 0 N–H and O–H groups in total. The first kappa shape index (κ1) is 11.2. The second-order valence-corrected chi connectivity index (χ2v) is 5.18. The van der Waals surface area contributed by atoms with Crippen LogP contribution in [0.15, 0.2) is 40.7 Å². The summed E-state index contributed by atoms with van der Waals surface area (Å²) in [6.07, 6.45) is 4.10. The number of hydrogen-bond donors (Lipinski definition) is 0. The van der Waals surface area contributed by atoms with Crippen molar-refractivity contribution in [2.75, 3.05) is 0 Å². The summed E-state index contributed by atoms with van der Waals surface area (Å²) in [5.74, 6) is 0. The maximum Gasteiger partial charge on any atom is 0.193 e. The third-order valence-corrected chi connectivity index (χ3v) is 3.69. The Morgan fingerprint density at radius 2 is 1.78 bits per heavy atom. The van der Waals surface area contributed by atoms with E-state index in [2.05, 4.69) is 31.2 Å². The minimum atomic E-state index is 0.174. The minimum absolute atomic E-state index is 0.174. The zero-order valence-corrected chi connectivity index (χ0v) is 10.8. The quantitative estimate of drug-likeness (QED) is 0.679. The van der Waals surface area contributed by atoms with Crippen molar-refractivity contribution in [3.8, 4) is 0 Å². The number of rotatable bonds is 0. The first-order valence-electron chi connectivity index (χ1n) is 6.39. The molecule has 1 aliphatic rings. The van der Waals surface area contributed by atoms with E-state index in [4.69, 9.17) is 0 Å². The Hall–Kier alpha value is -1.89. The Labute approximate surface area is 107 Å². The van der Waals surface area contributed by atoms with Crippen molar-refractivity contribution in [1.82, 2.24) is 0 Å². The van der Waals surface area contributed by atoms with E-state index in [1.165, 1.54) is 11.1 Å². The lowest BCUT2D eigenvalue weighted by Crippen LogP contribution is -2.08. The first-order valence-corrected chi connectivity index (χ1v) is 6.39. The van der Waals surface area contributed by atoms with Gasteiger partial charge in [-0.2, -0.15) is 0 Å². The lowest BCUT2D eigenvalue weighted by molar-refractivity contribution is 0.928. The summed E-state index contributed by atoms with van der Waals surface area (Å²) in [6, 6.07) is 10.3. The molecule has 0 saturated heterocycles. The molecule has 1 heteroatoms. The molecule has 0 unspecified atom stereocenters. The van der Waals surface area contributed by atoms with Crippen LogP contribution < -0.4 is 5.43 Å². The maximum atomic E-state index is 12.6. The largest absolute Gasteiger partial charge is 0.289 e. The second kappa shape index (κ2) is 4.09. The SMILES string of the molecule is CC1=Cc2c(ccc3ccc(C)cc3c2=O)CC1. The molecule has 0 radical (unpaired) electrons. The molecule has 0 fully saturated rings.